The van der Waals surface area contributed by atoms with Gasteiger partial charge in [0.15, 0.2) is 5.96 Å². The van der Waals surface area contributed by atoms with Gasteiger partial charge in [0, 0.05) is 32.6 Å². The molecule has 28 heavy (non-hydrogen) atoms. The van der Waals surface area contributed by atoms with Gasteiger partial charge in [0.1, 0.15) is 11.5 Å². The Hall–Kier alpha value is -1.96. The summed E-state index contributed by atoms with van der Waals surface area (Å²) in [7, 11) is 3.55. The molecule has 1 unspecified atom stereocenters. The largest absolute Gasteiger partial charge is 0.508 e. The number of likely N-dealkylation sites (tertiary alicyclic amines) is 1. The molecule has 2 N–H and O–H groups in total. The Balaban J connectivity index is 0.00000280. The number of nitrogens with zero attached hydrogens (tertiary/aromatic N) is 2. The summed E-state index contributed by atoms with van der Waals surface area (Å²) in [5, 5.41) is 12.8. The Kier molecular flexibility index (Phi) is 8.89. The van der Waals surface area contributed by atoms with E-state index in [0.717, 1.165) is 50.6 Å². The van der Waals surface area contributed by atoms with Crippen LogP contribution < -0.4 is 10.1 Å². The smallest absolute Gasteiger partial charge is 0.193 e. The molecule has 1 fully saturated rings. The minimum atomic E-state index is 0. The molecule has 0 amide bonds. The van der Waals surface area contributed by atoms with Crippen molar-refractivity contribution >= 4 is 29.9 Å². The van der Waals surface area contributed by atoms with Crippen molar-refractivity contribution < 1.29 is 9.84 Å². The van der Waals surface area contributed by atoms with E-state index in [1.165, 1.54) is 11.1 Å². The van der Waals surface area contributed by atoms with E-state index in [1.54, 1.807) is 19.2 Å². The highest BCUT2D eigenvalue weighted by molar-refractivity contribution is 14.0. The van der Waals surface area contributed by atoms with Crippen molar-refractivity contribution in [2.75, 3.05) is 33.8 Å². The number of benzene rings is 2. The Bertz CT molecular complexity index is 747. The van der Waals surface area contributed by atoms with Gasteiger partial charge >= 0.3 is 0 Å². The summed E-state index contributed by atoms with van der Waals surface area (Å²) in [6, 6.07) is 15.8. The van der Waals surface area contributed by atoms with Crippen LogP contribution in [0.5, 0.6) is 11.5 Å². The SMILES string of the molecule is CN=C(NCCCc1ccc(O)cc1)N1CCC(c2ccc(OC)cc2)C1.I. The number of aromatic hydroxyl groups is 1. The van der Waals surface area contributed by atoms with Crippen LogP contribution in [0.2, 0.25) is 0 Å². The molecule has 0 aromatic heterocycles. The van der Waals surface area contributed by atoms with Gasteiger partial charge in [0.25, 0.3) is 0 Å². The van der Waals surface area contributed by atoms with Gasteiger partial charge in [0.2, 0.25) is 0 Å². The number of hydrogen-bond donors (Lipinski definition) is 2. The maximum atomic E-state index is 9.34. The lowest BCUT2D eigenvalue weighted by atomic mass is 9.98. The zero-order chi connectivity index (χ0) is 19.1. The Morgan fingerprint density at radius 2 is 1.89 bits per heavy atom. The number of ether oxygens (including phenoxy) is 1. The number of aryl methyl sites for hydroxylation is 1. The first-order valence-corrected chi connectivity index (χ1v) is 9.57. The average molecular weight is 495 g/mol. The summed E-state index contributed by atoms with van der Waals surface area (Å²) in [5.41, 5.74) is 2.60. The van der Waals surface area contributed by atoms with Crippen LogP contribution in [0.3, 0.4) is 0 Å². The molecule has 6 heteroatoms. The van der Waals surface area contributed by atoms with Crippen molar-refractivity contribution in [2.45, 2.75) is 25.2 Å². The number of hydrogen-bond acceptors (Lipinski definition) is 3. The quantitative estimate of drug-likeness (QED) is 0.275. The fourth-order valence-electron chi connectivity index (χ4n) is 3.59. The molecule has 2 aromatic carbocycles. The predicted molar refractivity (Wildman–Crippen MR) is 125 cm³/mol. The number of phenols is 1. The summed E-state index contributed by atoms with van der Waals surface area (Å²) in [6.07, 6.45) is 3.15. The average Bonchev–Trinajstić information content (AvgIpc) is 3.19. The van der Waals surface area contributed by atoms with Gasteiger partial charge < -0.3 is 20.1 Å². The molecule has 152 valence electrons. The number of guanidine groups is 1. The van der Waals surface area contributed by atoms with Gasteiger partial charge in [-0.15, -0.1) is 24.0 Å². The number of methoxy groups -OCH3 is 1. The first-order valence-electron chi connectivity index (χ1n) is 9.57. The van der Waals surface area contributed by atoms with Crippen LogP contribution in [0.25, 0.3) is 0 Å². The third-order valence-electron chi connectivity index (χ3n) is 5.15. The molecule has 0 bridgehead atoms. The summed E-state index contributed by atoms with van der Waals surface area (Å²) < 4.78 is 5.25. The summed E-state index contributed by atoms with van der Waals surface area (Å²) in [6.45, 7) is 2.90. The van der Waals surface area contributed by atoms with Gasteiger partial charge in [-0.25, -0.2) is 0 Å². The second-order valence-electron chi connectivity index (χ2n) is 6.95. The third-order valence-corrected chi connectivity index (χ3v) is 5.15. The molecule has 0 radical (unpaired) electrons. The highest BCUT2D eigenvalue weighted by atomic mass is 127. The Labute approximate surface area is 184 Å². The predicted octanol–water partition coefficient (Wildman–Crippen LogP) is 4.02. The Morgan fingerprint density at radius 1 is 1.18 bits per heavy atom. The second-order valence-corrected chi connectivity index (χ2v) is 6.95. The highest BCUT2D eigenvalue weighted by Crippen LogP contribution is 2.28. The molecule has 1 heterocycles. The first kappa shape index (κ1) is 22.3. The molecule has 1 aliphatic rings. The lowest BCUT2D eigenvalue weighted by molar-refractivity contribution is 0.414. The van der Waals surface area contributed by atoms with Crippen molar-refractivity contribution in [3.8, 4) is 11.5 Å². The minimum absolute atomic E-state index is 0. The highest BCUT2D eigenvalue weighted by Gasteiger charge is 2.25. The summed E-state index contributed by atoms with van der Waals surface area (Å²) >= 11 is 0. The van der Waals surface area contributed by atoms with E-state index in [0.29, 0.717) is 11.7 Å². The van der Waals surface area contributed by atoms with Crippen molar-refractivity contribution in [1.82, 2.24) is 10.2 Å². The number of rotatable bonds is 6. The Morgan fingerprint density at radius 3 is 2.54 bits per heavy atom. The molecule has 0 aliphatic carbocycles. The van der Waals surface area contributed by atoms with E-state index in [-0.39, 0.29) is 24.0 Å². The van der Waals surface area contributed by atoms with Crippen LogP contribution in [0.1, 0.15) is 29.9 Å². The molecular weight excluding hydrogens is 465 g/mol. The normalized spacial score (nSPS) is 16.6. The van der Waals surface area contributed by atoms with Crippen LogP contribution in [0.15, 0.2) is 53.5 Å². The molecular formula is C22H30IN3O2. The summed E-state index contributed by atoms with van der Waals surface area (Å²) in [4.78, 5) is 6.80. The van der Waals surface area contributed by atoms with Crippen molar-refractivity contribution in [2.24, 2.45) is 4.99 Å². The zero-order valence-electron chi connectivity index (χ0n) is 16.6. The van der Waals surface area contributed by atoms with Crippen molar-refractivity contribution in [3.05, 3.63) is 59.7 Å². The van der Waals surface area contributed by atoms with Crippen LogP contribution in [0, 0.1) is 0 Å². The van der Waals surface area contributed by atoms with Crippen LogP contribution >= 0.6 is 24.0 Å². The van der Waals surface area contributed by atoms with E-state index in [4.69, 9.17) is 4.74 Å². The molecule has 3 rings (SSSR count). The molecule has 0 spiro atoms. The van der Waals surface area contributed by atoms with Crippen molar-refractivity contribution in [1.29, 1.82) is 0 Å². The lowest BCUT2D eigenvalue weighted by Crippen LogP contribution is -2.40. The topological polar surface area (TPSA) is 57.1 Å². The second kappa shape index (κ2) is 11.1. The van der Waals surface area contributed by atoms with Crippen LogP contribution in [-0.2, 0) is 6.42 Å². The fraction of sp³-hybridized carbons (Fsp3) is 0.409. The lowest BCUT2D eigenvalue weighted by Gasteiger charge is -2.22. The van der Waals surface area contributed by atoms with Gasteiger partial charge in [-0.05, 0) is 54.7 Å². The van der Waals surface area contributed by atoms with E-state index in [1.807, 2.05) is 31.3 Å². The zero-order valence-corrected chi connectivity index (χ0v) is 18.9. The molecule has 1 aliphatic heterocycles. The van der Waals surface area contributed by atoms with E-state index < -0.39 is 0 Å². The molecule has 1 saturated heterocycles. The third kappa shape index (κ3) is 6.02. The van der Waals surface area contributed by atoms with Crippen molar-refractivity contribution in [3.63, 3.8) is 0 Å². The fourth-order valence-corrected chi connectivity index (χ4v) is 3.59. The molecule has 1 atom stereocenters. The van der Waals surface area contributed by atoms with Gasteiger partial charge in [-0.3, -0.25) is 4.99 Å². The summed E-state index contributed by atoms with van der Waals surface area (Å²) in [5.74, 6) is 2.74. The molecule has 0 saturated carbocycles. The standard InChI is InChI=1S/C22H29N3O2.HI/c1-23-22(24-14-3-4-17-5-9-20(26)10-6-17)25-15-13-19(16-25)18-7-11-21(27-2)12-8-18;/h5-12,19,26H,3-4,13-16H2,1-2H3,(H,23,24);1H. The van der Waals surface area contributed by atoms with E-state index in [2.05, 4.69) is 27.3 Å². The monoisotopic (exact) mass is 495 g/mol. The van der Waals surface area contributed by atoms with E-state index in [9.17, 15) is 5.11 Å². The number of nitrogens with one attached hydrogen (secondary N) is 1. The van der Waals surface area contributed by atoms with Crippen LogP contribution in [-0.4, -0.2) is 49.8 Å². The van der Waals surface area contributed by atoms with Gasteiger partial charge in [-0.1, -0.05) is 24.3 Å². The number of halogens is 1. The molecule has 2 aromatic rings. The number of phenolic OH excluding ortho intramolecular Hbond substituents is 1. The van der Waals surface area contributed by atoms with E-state index >= 15 is 0 Å². The van der Waals surface area contributed by atoms with Gasteiger partial charge in [0.05, 0.1) is 7.11 Å². The minimum Gasteiger partial charge on any atom is -0.508 e. The first-order chi connectivity index (χ1) is 13.2. The van der Waals surface area contributed by atoms with Gasteiger partial charge in [-0.2, -0.15) is 0 Å². The van der Waals surface area contributed by atoms with Crippen LogP contribution in [0.4, 0.5) is 0 Å². The maximum absolute atomic E-state index is 9.34. The molecule has 5 nitrogen and oxygen atoms in total. The number of aliphatic imine (C=N–C) groups is 1. The maximum Gasteiger partial charge on any atom is 0.193 e.